The van der Waals surface area contributed by atoms with E-state index in [2.05, 4.69) is 10.6 Å². The highest BCUT2D eigenvalue weighted by molar-refractivity contribution is 7.91. The molecule has 0 aromatic heterocycles. The Kier molecular flexibility index (Phi) is 5.39. The molecule has 0 spiro atoms. The molecule has 2 N–H and O–H groups in total. The van der Waals surface area contributed by atoms with Gasteiger partial charge in [0.1, 0.15) is 9.84 Å². The summed E-state index contributed by atoms with van der Waals surface area (Å²) in [5.74, 6) is 0.891. The molecule has 1 heterocycles. The highest BCUT2D eigenvalue weighted by Gasteiger charge is 2.23. The van der Waals surface area contributed by atoms with E-state index in [0.29, 0.717) is 25.3 Å². The Morgan fingerprint density at radius 2 is 1.88 bits per heavy atom. The fraction of sp³-hybridized carbons (Fsp3) is 0.909. The minimum Gasteiger partial charge on any atom is -0.355 e. The first-order valence-electron chi connectivity index (χ1n) is 6.09. The van der Waals surface area contributed by atoms with Crippen LogP contribution in [0.5, 0.6) is 0 Å². The molecule has 0 radical (unpaired) electrons. The Balaban J connectivity index is 2.17. The van der Waals surface area contributed by atoms with E-state index in [0.717, 1.165) is 0 Å². The minimum atomic E-state index is -2.82. The lowest BCUT2D eigenvalue weighted by Gasteiger charge is -2.22. The second-order valence-electron chi connectivity index (χ2n) is 5.00. The third-order valence-corrected chi connectivity index (χ3v) is 4.53. The number of hydrogen-bond donors (Lipinski definition) is 2. The Bertz CT molecular complexity index is 338. The summed E-state index contributed by atoms with van der Waals surface area (Å²) in [6, 6.07) is 0.156. The van der Waals surface area contributed by atoms with Gasteiger partial charge >= 0.3 is 0 Å². The SMILES string of the molecule is CC(C)CNC(=O)CNC1CCS(=O)(=O)CC1. The Hall–Kier alpha value is -0.620. The van der Waals surface area contributed by atoms with E-state index in [1.54, 1.807) is 0 Å². The molecule has 0 aromatic carbocycles. The predicted octanol–water partition coefficient (Wildman–Crippen LogP) is -0.0746. The van der Waals surface area contributed by atoms with Crippen molar-refractivity contribution < 1.29 is 13.2 Å². The van der Waals surface area contributed by atoms with E-state index in [1.165, 1.54) is 0 Å². The van der Waals surface area contributed by atoms with Crippen LogP contribution >= 0.6 is 0 Å². The van der Waals surface area contributed by atoms with Crippen LogP contribution < -0.4 is 10.6 Å². The number of sulfone groups is 1. The summed E-state index contributed by atoms with van der Waals surface area (Å²) < 4.78 is 22.4. The van der Waals surface area contributed by atoms with E-state index in [9.17, 15) is 13.2 Å². The lowest BCUT2D eigenvalue weighted by Crippen LogP contribution is -2.43. The average Bonchev–Trinajstić information content (AvgIpc) is 2.25. The van der Waals surface area contributed by atoms with Crippen molar-refractivity contribution in [3.05, 3.63) is 0 Å². The van der Waals surface area contributed by atoms with E-state index < -0.39 is 9.84 Å². The summed E-state index contributed by atoms with van der Waals surface area (Å²) in [6.07, 6.45) is 1.22. The maximum Gasteiger partial charge on any atom is 0.233 e. The van der Waals surface area contributed by atoms with Crippen LogP contribution in [0.25, 0.3) is 0 Å². The molecular formula is C11H22N2O3S. The summed E-state index contributed by atoms with van der Waals surface area (Å²) in [6.45, 7) is 5.04. The lowest BCUT2D eigenvalue weighted by molar-refractivity contribution is -0.120. The fourth-order valence-electron chi connectivity index (χ4n) is 1.71. The minimum absolute atomic E-state index is 0.0212. The number of carbonyl (C=O) groups is 1. The highest BCUT2D eigenvalue weighted by atomic mass is 32.2. The Morgan fingerprint density at radius 3 is 2.41 bits per heavy atom. The molecule has 0 saturated carbocycles. The van der Waals surface area contributed by atoms with Crippen LogP contribution in [0.4, 0.5) is 0 Å². The highest BCUT2D eigenvalue weighted by Crippen LogP contribution is 2.11. The third kappa shape index (κ3) is 6.02. The summed E-state index contributed by atoms with van der Waals surface area (Å²) in [7, 11) is -2.82. The second kappa shape index (κ2) is 6.35. The van der Waals surface area contributed by atoms with Gasteiger partial charge in [-0.3, -0.25) is 4.79 Å². The van der Waals surface area contributed by atoms with Gasteiger partial charge in [-0.25, -0.2) is 8.42 Å². The van der Waals surface area contributed by atoms with Crippen molar-refractivity contribution in [2.45, 2.75) is 32.7 Å². The summed E-state index contributed by atoms with van der Waals surface area (Å²) in [5.41, 5.74) is 0. The first kappa shape index (κ1) is 14.4. The molecule has 5 nitrogen and oxygen atoms in total. The molecule has 0 aliphatic carbocycles. The van der Waals surface area contributed by atoms with Gasteiger partial charge in [0.25, 0.3) is 0 Å². The van der Waals surface area contributed by atoms with Crippen molar-refractivity contribution in [1.29, 1.82) is 0 Å². The van der Waals surface area contributed by atoms with Gasteiger partial charge in [-0.05, 0) is 18.8 Å². The van der Waals surface area contributed by atoms with Crippen molar-refractivity contribution >= 4 is 15.7 Å². The summed E-state index contributed by atoms with van der Waals surface area (Å²) in [4.78, 5) is 11.4. The van der Waals surface area contributed by atoms with E-state index >= 15 is 0 Å². The van der Waals surface area contributed by atoms with Crippen LogP contribution in [0.3, 0.4) is 0 Å². The Morgan fingerprint density at radius 1 is 1.29 bits per heavy atom. The first-order chi connectivity index (χ1) is 7.89. The van der Waals surface area contributed by atoms with Crippen LogP contribution in [0.2, 0.25) is 0 Å². The zero-order valence-electron chi connectivity index (χ0n) is 10.5. The van der Waals surface area contributed by atoms with Gasteiger partial charge in [-0.15, -0.1) is 0 Å². The molecule has 0 bridgehead atoms. The normalized spacial score (nSPS) is 20.4. The van der Waals surface area contributed by atoms with Gasteiger partial charge in [0.2, 0.25) is 5.91 Å². The molecule has 0 unspecified atom stereocenters. The van der Waals surface area contributed by atoms with Crippen LogP contribution in [0.15, 0.2) is 0 Å². The zero-order chi connectivity index (χ0) is 12.9. The predicted molar refractivity (Wildman–Crippen MR) is 67.5 cm³/mol. The molecule has 17 heavy (non-hydrogen) atoms. The molecule has 0 aromatic rings. The number of carbonyl (C=O) groups excluding carboxylic acids is 1. The molecule has 100 valence electrons. The van der Waals surface area contributed by atoms with Crippen LogP contribution in [0, 0.1) is 5.92 Å². The van der Waals surface area contributed by atoms with Gasteiger partial charge in [-0.1, -0.05) is 13.8 Å². The van der Waals surface area contributed by atoms with Gasteiger partial charge in [0, 0.05) is 12.6 Å². The first-order valence-corrected chi connectivity index (χ1v) is 7.91. The lowest BCUT2D eigenvalue weighted by atomic mass is 10.1. The molecule has 1 aliphatic heterocycles. The van der Waals surface area contributed by atoms with Crippen molar-refractivity contribution in [2.75, 3.05) is 24.6 Å². The zero-order valence-corrected chi connectivity index (χ0v) is 11.3. The summed E-state index contributed by atoms with van der Waals surface area (Å²) in [5, 5.41) is 5.92. The molecule has 1 saturated heterocycles. The van der Waals surface area contributed by atoms with Crippen LogP contribution in [-0.2, 0) is 14.6 Å². The van der Waals surface area contributed by atoms with Crippen molar-refractivity contribution in [1.82, 2.24) is 10.6 Å². The molecule has 1 amide bonds. The molecule has 0 atom stereocenters. The van der Waals surface area contributed by atoms with E-state index in [4.69, 9.17) is 0 Å². The fourth-order valence-corrected chi connectivity index (χ4v) is 3.20. The number of hydrogen-bond acceptors (Lipinski definition) is 4. The molecule has 6 heteroatoms. The maximum absolute atomic E-state index is 11.4. The topological polar surface area (TPSA) is 75.3 Å². The maximum atomic E-state index is 11.4. The van der Waals surface area contributed by atoms with Gasteiger partial charge < -0.3 is 10.6 Å². The monoisotopic (exact) mass is 262 g/mol. The smallest absolute Gasteiger partial charge is 0.233 e. The number of nitrogens with one attached hydrogen (secondary N) is 2. The number of rotatable bonds is 5. The Labute approximate surface area is 103 Å². The standard InChI is InChI=1S/C11H22N2O3S/c1-9(2)7-13-11(14)8-12-10-3-5-17(15,16)6-4-10/h9-10,12H,3-8H2,1-2H3,(H,13,14). The van der Waals surface area contributed by atoms with Gasteiger partial charge in [0.05, 0.1) is 18.1 Å². The van der Waals surface area contributed by atoms with E-state index in [1.807, 2.05) is 13.8 Å². The average molecular weight is 262 g/mol. The molecule has 1 rings (SSSR count). The summed E-state index contributed by atoms with van der Waals surface area (Å²) >= 11 is 0. The second-order valence-corrected chi connectivity index (χ2v) is 7.31. The largest absolute Gasteiger partial charge is 0.355 e. The number of amides is 1. The quantitative estimate of drug-likeness (QED) is 0.727. The molecular weight excluding hydrogens is 240 g/mol. The van der Waals surface area contributed by atoms with Crippen LogP contribution in [0.1, 0.15) is 26.7 Å². The van der Waals surface area contributed by atoms with Crippen LogP contribution in [-0.4, -0.2) is 45.0 Å². The van der Waals surface area contributed by atoms with Gasteiger partial charge in [0.15, 0.2) is 0 Å². The molecule has 1 fully saturated rings. The molecule has 1 aliphatic rings. The van der Waals surface area contributed by atoms with Crippen molar-refractivity contribution in [3.8, 4) is 0 Å². The van der Waals surface area contributed by atoms with Gasteiger partial charge in [-0.2, -0.15) is 0 Å². The van der Waals surface area contributed by atoms with Crippen molar-refractivity contribution in [2.24, 2.45) is 5.92 Å². The van der Waals surface area contributed by atoms with E-state index in [-0.39, 0.29) is 30.0 Å². The van der Waals surface area contributed by atoms with Crippen molar-refractivity contribution in [3.63, 3.8) is 0 Å². The third-order valence-electron chi connectivity index (χ3n) is 2.81.